The van der Waals surface area contributed by atoms with Gasteiger partial charge in [-0.05, 0) is 49.9 Å². The predicted molar refractivity (Wildman–Crippen MR) is 116 cm³/mol. The number of rotatable bonds is 5. The van der Waals surface area contributed by atoms with Crippen molar-refractivity contribution in [1.29, 1.82) is 0 Å². The summed E-state index contributed by atoms with van der Waals surface area (Å²) in [6.07, 6.45) is 14.6. The molecule has 0 unspecified atom stereocenters. The first-order valence-electron chi connectivity index (χ1n) is 11.2. The van der Waals surface area contributed by atoms with E-state index in [1.54, 1.807) is 36.7 Å². The van der Waals surface area contributed by atoms with Crippen LogP contribution in [0, 0.1) is 0 Å². The van der Waals surface area contributed by atoms with Crippen molar-refractivity contribution in [2.75, 3.05) is 0 Å². The Kier molecular flexibility index (Phi) is 6.72. The molecular weight excluding hydrogens is 376 g/mol. The van der Waals surface area contributed by atoms with Crippen molar-refractivity contribution in [3.05, 3.63) is 47.8 Å². The second kappa shape index (κ2) is 9.83. The van der Waals surface area contributed by atoms with E-state index in [2.05, 4.69) is 20.6 Å². The molecule has 4 rings (SSSR count). The zero-order chi connectivity index (χ0) is 20.8. The van der Waals surface area contributed by atoms with Crippen molar-refractivity contribution in [1.82, 2.24) is 20.6 Å². The van der Waals surface area contributed by atoms with Gasteiger partial charge in [0, 0.05) is 35.6 Å². The van der Waals surface area contributed by atoms with Gasteiger partial charge >= 0.3 is 0 Å². The Morgan fingerprint density at radius 2 is 1.07 bits per heavy atom. The van der Waals surface area contributed by atoms with Crippen LogP contribution in [0.3, 0.4) is 0 Å². The molecule has 0 bridgehead atoms. The molecule has 2 aromatic rings. The van der Waals surface area contributed by atoms with E-state index in [1.807, 2.05) is 0 Å². The Morgan fingerprint density at radius 1 is 0.667 bits per heavy atom. The van der Waals surface area contributed by atoms with Crippen molar-refractivity contribution in [3.8, 4) is 11.4 Å². The second-order valence-corrected chi connectivity index (χ2v) is 8.48. The highest BCUT2D eigenvalue weighted by Crippen LogP contribution is 2.21. The minimum Gasteiger partial charge on any atom is -0.349 e. The van der Waals surface area contributed by atoms with E-state index in [9.17, 15) is 9.59 Å². The first-order chi connectivity index (χ1) is 14.7. The van der Waals surface area contributed by atoms with Gasteiger partial charge < -0.3 is 10.6 Å². The maximum Gasteiger partial charge on any atom is 0.251 e. The third kappa shape index (κ3) is 5.23. The van der Waals surface area contributed by atoms with Crippen LogP contribution >= 0.6 is 0 Å². The van der Waals surface area contributed by atoms with Gasteiger partial charge in [-0.3, -0.25) is 19.6 Å². The van der Waals surface area contributed by atoms with Crippen LogP contribution in [-0.4, -0.2) is 33.9 Å². The Labute approximate surface area is 177 Å². The number of aromatic nitrogens is 2. The Bertz CT molecular complexity index is 813. The van der Waals surface area contributed by atoms with E-state index >= 15 is 0 Å². The van der Waals surface area contributed by atoms with Gasteiger partial charge in [0.15, 0.2) is 0 Å². The van der Waals surface area contributed by atoms with Crippen molar-refractivity contribution in [2.45, 2.75) is 76.3 Å². The molecule has 30 heavy (non-hydrogen) atoms. The van der Waals surface area contributed by atoms with Gasteiger partial charge in [-0.1, -0.05) is 38.5 Å². The average molecular weight is 407 g/mol. The van der Waals surface area contributed by atoms with E-state index in [4.69, 9.17) is 0 Å². The number of hydrogen-bond donors (Lipinski definition) is 2. The molecule has 0 radical (unpaired) electrons. The molecule has 0 aliphatic heterocycles. The molecule has 0 atom stereocenters. The lowest BCUT2D eigenvalue weighted by molar-refractivity contribution is 0.0919. The van der Waals surface area contributed by atoms with Crippen molar-refractivity contribution < 1.29 is 9.59 Å². The molecule has 2 aliphatic carbocycles. The summed E-state index contributed by atoms with van der Waals surface area (Å²) in [6.45, 7) is 0. The van der Waals surface area contributed by atoms with Gasteiger partial charge in [0.25, 0.3) is 11.8 Å². The van der Waals surface area contributed by atoms with Crippen LogP contribution in [0.5, 0.6) is 0 Å². The smallest absolute Gasteiger partial charge is 0.251 e. The van der Waals surface area contributed by atoms with Crippen LogP contribution in [0.4, 0.5) is 0 Å². The number of amides is 2. The van der Waals surface area contributed by atoms with Gasteiger partial charge in [0.05, 0.1) is 11.4 Å². The maximum absolute atomic E-state index is 12.7. The van der Waals surface area contributed by atoms with E-state index < -0.39 is 0 Å². The first kappa shape index (κ1) is 20.5. The molecule has 0 saturated heterocycles. The van der Waals surface area contributed by atoms with Crippen LogP contribution in [-0.2, 0) is 0 Å². The van der Waals surface area contributed by atoms with E-state index in [0.717, 1.165) is 25.7 Å². The predicted octanol–water partition coefficient (Wildman–Crippen LogP) is 4.27. The fourth-order valence-electron chi connectivity index (χ4n) is 4.46. The molecule has 2 N–H and O–H groups in total. The number of carbonyl (C=O) groups is 2. The van der Waals surface area contributed by atoms with Gasteiger partial charge in [-0.15, -0.1) is 0 Å². The third-order valence-corrected chi connectivity index (χ3v) is 6.19. The van der Waals surface area contributed by atoms with E-state index in [0.29, 0.717) is 22.5 Å². The van der Waals surface area contributed by atoms with Gasteiger partial charge in [0.1, 0.15) is 0 Å². The fraction of sp³-hybridized carbons (Fsp3) is 0.500. The Hall–Kier alpha value is -2.76. The molecule has 6 nitrogen and oxygen atoms in total. The van der Waals surface area contributed by atoms with E-state index in [-0.39, 0.29) is 23.9 Å². The average Bonchev–Trinajstić information content (AvgIpc) is 2.80. The monoisotopic (exact) mass is 406 g/mol. The topological polar surface area (TPSA) is 84.0 Å². The summed E-state index contributed by atoms with van der Waals surface area (Å²) in [6, 6.07) is 7.47. The number of nitrogens with one attached hydrogen (secondary N) is 2. The third-order valence-electron chi connectivity index (χ3n) is 6.19. The fourth-order valence-corrected chi connectivity index (χ4v) is 4.46. The summed E-state index contributed by atoms with van der Waals surface area (Å²) in [5.74, 6) is -0.145. The number of pyridine rings is 2. The van der Waals surface area contributed by atoms with Gasteiger partial charge in [-0.2, -0.15) is 0 Å². The zero-order valence-electron chi connectivity index (χ0n) is 17.4. The van der Waals surface area contributed by atoms with E-state index in [1.165, 1.54) is 38.5 Å². The van der Waals surface area contributed by atoms with Crippen LogP contribution in [0.15, 0.2) is 36.7 Å². The normalized spacial score (nSPS) is 18.0. The maximum atomic E-state index is 12.7. The lowest BCUT2D eigenvalue weighted by Gasteiger charge is -2.23. The highest BCUT2D eigenvalue weighted by Gasteiger charge is 2.19. The molecule has 2 aromatic heterocycles. The van der Waals surface area contributed by atoms with Crippen LogP contribution < -0.4 is 10.6 Å². The largest absolute Gasteiger partial charge is 0.349 e. The van der Waals surface area contributed by atoms with Gasteiger partial charge in [-0.25, -0.2) is 0 Å². The summed E-state index contributed by atoms with van der Waals surface area (Å²) < 4.78 is 0. The second-order valence-electron chi connectivity index (χ2n) is 8.48. The zero-order valence-corrected chi connectivity index (χ0v) is 17.4. The van der Waals surface area contributed by atoms with Crippen LogP contribution in [0.2, 0.25) is 0 Å². The highest BCUT2D eigenvalue weighted by atomic mass is 16.2. The molecule has 2 saturated carbocycles. The molecule has 2 fully saturated rings. The number of carbonyl (C=O) groups excluding carboxylic acids is 2. The van der Waals surface area contributed by atoms with Crippen LogP contribution in [0.25, 0.3) is 11.4 Å². The summed E-state index contributed by atoms with van der Waals surface area (Å²) in [5, 5.41) is 6.28. The molecule has 158 valence electrons. The lowest BCUT2D eigenvalue weighted by Crippen LogP contribution is -2.36. The van der Waals surface area contributed by atoms with Crippen LogP contribution in [0.1, 0.15) is 84.9 Å². The summed E-state index contributed by atoms with van der Waals surface area (Å²) in [7, 11) is 0. The number of nitrogens with zero attached hydrogens (tertiary/aromatic N) is 2. The molecule has 0 aromatic carbocycles. The molecule has 2 heterocycles. The Balaban J connectivity index is 1.45. The van der Waals surface area contributed by atoms with Crippen molar-refractivity contribution in [3.63, 3.8) is 0 Å². The quantitative estimate of drug-likeness (QED) is 0.777. The lowest BCUT2D eigenvalue weighted by atomic mass is 9.95. The standard InChI is InChI=1S/C24H30N4O2/c29-23(27-19-7-3-1-4-8-19)17-11-13-25-21(15-17)22-16-18(12-14-26-22)24(30)28-20-9-5-2-6-10-20/h11-16,19-20H,1-10H2,(H,27,29)(H,28,30). The minimum atomic E-state index is -0.0725. The molecule has 6 heteroatoms. The Morgan fingerprint density at radius 3 is 1.47 bits per heavy atom. The molecule has 2 amide bonds. The summed E-state index contributed by atoms with van der Waals surface area (Å²) in [4.78, 5) is 34.1. The summed E-state index contributed by atoms with van der Waals surface area (Å²) in [5.41, 5.74) is 2.34. The van der Waals surface area contributed by atoms with Crippen molar-refractivity contribution >= 4 is 11.8 Å². The molecular formula is C24H30N4O2. The molecule has 2 aliphatic rings. The minimum absolute atomic E-state index is 0.0725. The van der Waals surface area contributed by atoms with Gasteiger partial charge in [0.2, 0.25) is 0 Å². The SMILES string of the molecule is O=C(NC1CCCCC1)c1ccnc(-c2cc(C(=O)NC3CCCCC3)ccn2)c1. The highest BCUT2D eigenvalue weighted by molar-refractivity contribution is 5.96. The van der Waals surface area contributed by atoms with Crippen molar-refractivity contribution in [2.24, 2.45) is 0 Å². The molecule has 0 spiro atoms. The number of hydrogen-bond acceptors (Lipinski definition) is 4. The first-order valence-corrected chi connectivity index (χ1v) is 11.2. The summed E-state index contributed by atoms with van der Waals surface area (Å²) >= 11 is 0.